The lowest BCUT2D eigenvalue weighted by Crippen LogP contribution is -2.51. The molecule has 1 atom stereocenters. The monoisotopic (exact) mass is 396 g/mol. The molecule has 29 heavy (non-hydrogen) atoms. The zero-order valence-corrected chi connectivity index (χ0v) is 17.6. The van der Waals surface area contributed by atoms with Crippen LogP contribution in [0.15, 0.2) is 29.1 Å². The maximum Gasteiger partial charge on any atom is 0.261 e. The molecule has 1 unspecified atom stereocenters. The van der Waals surface area contributed by atoms with Crippen molar-refractivity contribution >= 4 is 16.8 Å². The molecule has 1 aliphatic heterocycles. The van der Waals surface area contributed by atoms with Gasteiger partial charge in [0, 0.05) is 39.1 Å². The first-order chi connectivity index (χ1) is 14.1. The van der Waals surface area contributed by atoms with Crippen LogP contribution in [0.5, 0.6) is 0 Å². The molecule has 2 aliphatic rings. The molecule has 1 aromatic heterocycles. The number of nitrogens with zero attached hydrogens (tertiary/aromatic N) is 4. The SMILES string of the molecule is CCC(c1nc2ccccc2c(=O)n1C)N1CCN(C(=O)C2CCCCC2)CC1. The summed E-state index contributed by atoms with van der Waals surface area (Å²) in [7, 11) is 1.82. The molecule has 0 spiro atoms. The molecule has 1 saturated carbocycles. The number of fused-ring (bicyclic) bond motifs is 1. The van der Waals surface area contributed by atoms with E-state index in [0.717, 1.165) is 56.8 Å². The van der Waals surface area contributed by atoms with E-state index in [4.69, 9.17) is 4.98 Å². The minimum atomic E-state index is 0.00941. The van der Waals surface area contributed by atoms with Crippen LogP contribution in [-0.2, 0) is 11.8 Å². The van der Waals surface area contributed by atoms with Gasteiger partial charge in [-0.2, -0.15) is 0 Å². The van der Waals surface area contributed by atoms with Crippen LogP contribution in [0.3, 0.4) is 0 Å². The van der Waals surface area contributed by atoms with Gasteiger partial charge in [0.05, 0.1) is 16.9 Å². The second-order valence-electron chi connectivity index (χ2n) is 8.47. The Bertz CT molecular complexity index is 924. The largest absolute Gasteiger partial charge is 0.340 e. The number of hydrogen-bond donors (Lipinski definition) is 0. The summed E-state index contributed by atoms with van der Waals surface area (Å²) in [4.78, 5) is 35.0. The normalized spacial score (nSPS) is 20.1. The van der Waals surface area contributed by atoms with Crippen molar-refractivity contribution in [2.45, 2.75) is 51.5 Å². The molecule has 1 aliphatic carbocycles. The molecule has 2 fully saturated rings. The van der Waals surface area contributed by atoms with Gasteiger partial charge in [-0.3, -0.25) is 19.1 Å². The zero-order valence-electron chi connectivity index (χ0n) is 17.6. The van der Waals surface area contributed by atoms with Crippen LogP contribution in [0.2, 0.25) is 0 Å². The zero-order chi connectivity index (χ0) is 20.4. The average Bonchev–Trinajstić information content (AvgIpc) is 2.78. The van der Waals surface area contributed by atoms with Gasteiger partial charge in [-0.15, -0.1) is 0 Å². The standard InChI is InChI=1S/C23H32N4O2/c1-3-20(21-24-19-12-8-7-11-18(19)23(29)25(21)2)26-13-15-27(16-14-26)22(28)17-9-5-4-6-10-17/h7-8,11-12,17,20H,3-6,9-10,13-16H2,1-2H3. The lowest BCUT2D eigenvalue weighted by molar-refractivity contribution is -0.138. The summed E-state index contributed by atoms with van der Waals surface area (Å²) >= 11 is 0. The van der Waals surface area contributed by atoms with E-state index in [1.54, 1.807) is 4.57 Å². The Balaban J connectivity index is 1.50. The van der Waals surface area contributed by atoms with Gasteiger partial charge in [-0.05, 0) is 31.4 Å². The van der Waals surface area contributed by atoms with Gasteiger partial charge in [-0.25, -0.2) is 4.98 Å². The quantitative estimate of drug-likeness (QED) is 0.797. The predicted molar refractivity (Wildman–Crippen MR) is 115 cm³/mol. The number of piperazine rings is 1. The van der Waals surface area contributed by atoms with E-state index in [9.17, 15) is 9.59 Å². The second-order valence-corrected chi connectivity index (χ2v) is 8.47. The number of hydrogen-bond acceptors (Lipinski definition) is 4. The number of para-hydroxylation sites is 1. The third-order valence-corrected chi connectivity index (χ3v) is 6.72. The maximum atomic E-state index is 12.9. The molecule has 0 bridgehead atoms. The van der Waals surface area contributed by atoms with Crippen molar-refractivity contribution in [3.63, 3.8) is 0 Å². The summed E-state index contributed by atoms with van der Waals surface area (Å²) in [5.74, 6) is 1.41. The molecule has 2 heterocycles. The van der Waals surface area contributed by atoms with Crippen LogP contribution in [0.1, 0.15) is 57.3 Å². The maximum absolute atomic E-state index is 12.9. The molecule has 6 nitrogen and oxygen atoms in total. The fourth-order valence-corrected chi connectivity index (χ4v) is 5.00. The molecular weight excluding hydrogens is 364 g/mol. The van der Waals surface area contributed by atoms with Gasteiger partial charge in [-0.1, -0.05) is 38.3 Å². The summed E-state index contributed by atoms with van der Waals surface area (Å²) in [5, 5.41) is 0.663. The topological polar surface area (TPSA) is 58.4 Å². The summed E-state index contributed by atoms with van der Waals surface area (Å²) in [5.41, 5.74) is 0.769. The van der Waals surface area contributed by atoms with Crippen LogP contribution in [0.4, 0.5) is 0 Å². The second kappa shape index (κ2) is 8.66. The van der Waals surface area contributed by atoms with Crippen LogP contribution in [-0.4, -0.2) is 51.4 Å². The summed E-state index contributed by atoms with van der Waals surface area (Å²) in [6.07, 6.45) is 6.65. The Morgan fingerprint density at radius 3 is 2.48 bits per heavy atom. The molecule has 6 heteroatoms. The van der Waals surface area contributed by atoms with Crippen LogP contribution >= 0.6 is 0 Å². The van der Waals surface area contributed by atoms with Crippen molar-refractivity contribution in [2.24, 2.45) is 13.0 Å². The van der Waals surface area contributed by atoms with Gasteiger partial charge in [0.25, 0.3) is 5.56 Å². The van der Waals surface area contributed by atoms with Crippen molar-refractivity contribution in [3.8, 4) is 0 Å². The Labute approximate surface area is 172 Å². The van der Waals surface area contributed by atoms with E-state index in [2.05, 4.69) is 16.7 Å². The van der Waals surface area contributed by atoms with E-state index >= 15 is 0 Å². The van der Waals surface area contributed by atoms with E-state index in [-0.39, 0.29) is 17.5 Å². The molecule has 1 amide bonds. The molecular formula is C23H32N4O2. The number of aromatic nitrogens is 2. The molecule has 4 rings (SSSR count). The van der Waals surface area contributed by atoms with Crippen molar-refractivity contribution in [2.75, 3.05) is 26.2 Å². The molecule has 156 valence electrons. The summed E-state index contributed by atoms with van der Waals surface area (Å²) in [6.45, 7) is 5.35. The van der Waals surface area contributed by atoms with Gasteiger partial charge < -0.3 is 4.90 Å². The summed E-state index contributed by atoms with van der Waals surface area (Å²) in [6, 6.07) is 7.64. The van der Waals surface area contributed by atoms with Crippen molar-refractivity contribution in [1.29, 1.82) is 0 Å². The van der Waals surface area contributed by atoms with E-state index in [1.165, 1.54) is 19.3 Å². The molecule has 2 aromatic rings. The predicted octanol–water partition coefficient (Wildman–Crippen LogP) is 3.11. The average molecular weight is 397 g/mol. The van der Waals surface area contributed by atoms with Gasteiger partial charge in [0.2, 0.25) is 5.91 Å². The summed E-state index contributed by atoms with van der Waals surface area (Å²) < 4.78 is 1.70. The molecule has 1 saturated heterocycles. The third kappa shape index (κ3) is 3.95. The lowest BCUT2D eigenvalue weighted by atomic mass is 9.88. The number of rotatable bonds is 4. The molecule has 0 N–H and O–H groups in total. The van der Waals surface area contributed by atoms with Crippen molar-refractivity contribution in [3.05, 3.63) is 40.4 Å². The van der Waals surface area contributed by atoms with Gasteiger partial charge in [0.1, 0.15) is 5.82 Å². The minimum Gasteiger partial charge on any atom is -0.340 e. The first-order valence-corrected chi connectivity index (χ1v) is 11.1. The van der Waals surface area contributed by atoms with E-state index in [0.29, 0.717) is 11.3 Å². The Kier molecular flexibility index (Phi) is 5.99. The van der Waals surface area contributed by atoms with E-state index < -0.39 is 0 Å². The first kappa shape index (κ1) is 20.1. The van der Waals surface area contributed by atoms with Crippen LogP contribution in [0.25, 0.3) is 10.9 Å². The highest BCUT2D eigenvalue weighted by Crippen LogP contribution is 2.28. The minimum absolute atomic E-state index is 0.00941. The highest BCUT2D eigenvalue weighted by atomic mass is 16.2. The molecule has 0 radical (unpaired) electrons. The number of amides is 1. The molecule has 1 aromatic carbocycles. The Morgan fingerprint density at radius 2 is 1.79 bits per heavy atom. The van der Waals surface area contributed by atoms with Crippen molar-refractivity contribution in [1.82, 2.24) is 19.4 Å². The van der Waals surface area contributed by atoms with Gasteiger partial charge in [0.15, 0.2) is 0 Å². The fraction of sp³-hybridized carbons (Fsp3) is 0.609. The fourth-order valence-electron chi connectivity index (χ4n) is 5.00. The third-order valence-electron chi connectivity index (χ3n) is 6.72. The lowest BCUT2D eigenvalue weighted by Gasteiger charge is -2.40. The number of benzene rings is 1. The Hall–Kier alpha value is -2.21. The first-order valence-electron chi connectivity index (χ1n) is 11.1. The van der Waals surface area contributed by atoms with Crippen molar-refractivity contribution < 1.29 is 4.79 Å². The smallest absolute Gasteiger partial charge is 0.261 e. The highest BCUT2D eigenvalue weighted by molar-refractivity contribution is 5.79. The van der Waals surface area contributed by atoms with E-state index in [1.807, 2.05) is 31.3 Å². The highest BCUT2D eigenvalue weighted by Gasteiger charge is 2.31. The number of carbonyl (C=O) groups excluding carboxylic acids is 1. The van der Waals surface area contributed by atoms with Crippen LogP contribution < -0.4 is 5.56 Å². The Morgan fingerprint density at radius 1 is 1.10 bits per heavy atom. The van der Waals surface area contributed by atoms with Gasteiger partial charge >= 0.3 is 0 Å². The van der Waals surface area contributed by atoms with Crippen LogP contribution in [0, 0.1) is 5.92 Å². The number of carbonyl (C=O) groups is 1.